The number of nitrogens with zero attached hydrogens (tertiary/aromatic N) is 5. The van der Waals surface area contributed by atoms with Crippen LogP contribution in [0.4, 0.5) is 0 Å². The molecule has 1 saturated heterocycles. The summed E-state index contributed by atoms with van der Waals surface area (Å²) in [5.41, 5.74) is 3.13. The predicted octanol–water partition coefficient (Wildman–Crippen LogP) is 4.91. The van der Waals surface area contributed by atoms with Crippen LogP contribution in [0.3, 0.4) is 0 Å². The van der Waals surface area contributed by atoms with Crippen molar-refractivity contribution in [1.82, 2.24) is 29.9 Å². The number of carbonyl (C=O) groups excluding carboxylic acids is 1. The van der Waals surface area contributed by atoms with Gasteiger partial charge in [0.1, 0.15) is 5.82 Å². The van der Waals surface area contributed by atoms with Crippen LogP contribution in [-0.2, 0) is 5.54 Å². The summed E-state index contributed by atoms with van der Waals surface area (Å²) in [6, 6.07) is 9.22. The maximum absolute atomic E-state index is 13.8. The Balaban J connectivity index is 1.58. The molecule has 2 aromatic carbocycles. The third-order valence-electron chi connectivity index (χ3n) is 5.94. The summed E-state index contributed by atoms with van der Waals surface area (Å²) < 4.78 is 0. The van der Waals surface area contributed by atoms with Crippen LogP contribution in [0.25, 0.3) is 16.7 Å². The number of nitrogens with one attached hydrogen (secondary N) is 1. The van der Waals surface area contributed by atoms with Crippen molar-refractivity contribution in [2.75, 3.05) is 6.54 Å². The average Bonchev–Trinajstić information content (AvgIpc) is 3.48. The van der Waals surface area contributed by atoms with E-state index in [0.717, 1.165) is 35.3 Å². The lowest BCUT2D eigenvalue weighted by molar-refractivity contribution is 0.0605. The van der Waals surface area contributed by atoms with Crippen LogP contribution in [0.2, 0.25) is 10.0 Å². The fraction of sp³-hybridized carbons (Fsp3) is 0.273. The molecule has 0 bridgehead atoms. The van der Waals surface area contributed by atoms with Gasteiger partial charge in [-0.05, 0) is 51.0 Å². The molecule has 1 atom stereocenters. The number of amides is 1. The fourth-order valence-corrected chi connectivity index (χ4v) is 4.60. The van der Waals surface area contributed by atoms with Gasteiger partial charge in [-0.3, -0.25) is 4.79 Å². The summed E-state index contributed by atoms with van der Waals surface area (Å²) in [6.07, 6.45) is 4.86. The van der Waals surface area contributed by atoms with Crippen LogP contribution in [0.15, 0.2) is 42.7 Å². The van der Waals surface area contributed by atoms with Gasteiger partial charge in [-0.1, -0.05) is 34.8 Å². The maximum Gasteiger partial charge on any atom is 0.256 e. The number of fused-ring (bicyclic) bond motifs is 1. The molecule has 1 unspecified atom stereocenters. The number of imidazole rings is 1. The Kier molecular flexibility index (Phi) is 4.75. The van der Waals surface area contributed by atoms with E-state index in [9.17, 15) is 4.79 Å². The summed E-state index contributed by atoms with van der Waals surface area (Å²) in [5.74, 6) is 0.644. The smallest absolute Gasteiger partial charge is 0.256 e. The molecule has 0 radical (unpaired) electrons. The number of benzene rings is 2. The molecule has 1 N–H and O–H groups in total. The lowest BCUT2D eigenvalue weighted by atomic mass is 9.96. The molecule has 1 aliphatic heterocycles. The van der Waals surface area contributed by atoms with Crippen molar-refractivity contribution < 1.29 is 4.79 Å². The van der Waals surface area contributed by atoms with Crippen molar-refractivity contribution in [3.63, 3.8) is 0 Å². The molecule has 4 aromatic rings. The normalized spacial score (nSPS) is 18.8. The highest BCUT2D eigenvalue weighted by molar-refractivity contribution is 6.42. The van der Waals surface area contributed by atoms with Gasteiger partial charge in [-0.25, -0.2) is 4.98 Å². The largest absolute Gasteiger partial charge is 0.340 e. The SMILES string of the molecule is Cc1ccc(-n2nccn2)c(C(=O)N2CCCC2(C)c2nc3cc(Cl)c(Cl)cc3[nH]2)c1. The maximum atomic E-state index is 13.8. The summed E-state index contributed by atoms with van der Waals surface area (Å²) in [5, 5.41) is 9.35. The monoisotopic (exact) mass is 454 g/mol. The highest BCUT2D eigenvalue weighted by Gasteiger charge is 2.44. The van der Waals surface area contributed by atoms with Gasteiger partial charge in [0, 0.05) is 6.54 Å². The van der Waals surface area contributed by atoms with E-state index in [4.69, 9.17) is 28.2 Å². The molecule has 1 aliphatic rings. The van der Waals surface area contributed by atoms with Gasteiger partial charge in [0.05, 0.1) is 50.3 Å². The highest BCUT2D eigenvalue weighted by Crippen LogP contribution is 2.40. The number of aromatic nitrogens is 5. The first-order valence-electron chi connectivity index (χ1n) is 10.0. The predicted molar refractivity (Wildman–Crippen MR) is 120 cm³/mol. The second-order valence-electron chi connectivity index (χ2n) is 8.04. The Morgan fingerprint density at radius 3 is 2.65 bits per heavy atom. The highest BCUT2D eigenvalue weighted by atomic mass is 35.5. The topological polar surface area (TPSA) is 79.7 Å². The number of aryl methyl sites for hydroxylation is 1. The van der Waals surface area contributed by atoms with Crippen LogP contribution >= 0.6 is 23.2 Å². The molecule has 31 heavy (non-hydrogen) atoms. The number of H-pyrrole nitrogens is 1. The van der Waals surface area contributed by atoms with Gasteiger partial charge in [-0.15, -0.1) is 0 Å². The van der Waals surface area contributed by atoms with Crippen molar-refractivity contribution >= 4 is 40.1 Å². The van der Waals surface area contributed by atoms with Gasteiger partial charge >= 0.3 is 0 Å². The van der Waals surface area contributed by atoms with Crippen molar-refractivity contribution in [2.45, 2.75) is 32.2 Å². The van der Waals surface area contributed by atoms with Gasteiger partial charge in [0.15, 0.2) is 0 Å². The molecule has 158 valence electrons. The Hall–Kier alpha value is -2.90. The molecule has 1 fully saturated rings. The first kappa shape index (κ1) is 20.0. The third-order valence-corrected chi connectivity index (χ3v) is 6.66. The van der Waals surface area contributed by atoms with Crippen LogP contribution in [0, 0.1) is 6.92 Å². The second-order valence-corrected chi connectivity index (χ2v) is 8.86. The number of likely N-dealkylation sites (tertiary alicyclic amines) is 1. The standard InChI is InChI=1S/C22H20Cl2N6O/c1-13-4-5-19(30-25-7-8-26-30)14(10-13)20(31)29-9-3-6-22(29,2)21-27-17-11-15(23)16(24)12-18(17)28-21/h4-5,7-8,10-12H,3,6,9H2,1-2H3,(H,27,28). The molecular weight excluding hydrogens is 435 g/mol. The molecule has 0 spiro atoms. The zero-order chi connectivity index (χ0) is 21.8. The zero-order valence-corrected chi connectivity index (χ0v) is 18.6. The molecule has 0 aliphatic carbocycles. The van der Waals surface area contributed by atoms with E-state index in [2.05, 4.69) is 15.2 Å². The van der Waals surface area contributed by atoms with E-state index < -0.39 is 5.54 Å². The van der Waals surface area contributed by atoms with E-state index in [1.165, 1.54) is 4.80 Å². The number of carbonyl (C=O) groups is 1. The Morgan fingerprint density at radius 2 is 1.87 bits per heavy atom. The van der Waals surface area contributed by atoms with E-state index in [0.29, 0.717) is 27.8 Å². The van der Waals surface area contributed by atoms with Crippen molar-refractivity contribution in [1.29, 1.82) is 0 Å². The second kappa shape index (κ2) is 7.35. The zero-order valence-electron chi connectivity index (χ0n) is 17.1. The lowest BCUT2D eigenvalue weighted by Gasteiger charge is -2.34. The number of hydrogen-bond donors (Lipinski definition) is 1. The van der Waals surface area contributed by atoms with E-state index in [-0.39, 0.29) is 5.91 Å². The minimum absolute atomic E-state index is 0.0764. The van der Waals surface area contributed by atoms with Crippen molar-refractivity contribution in [3.8, 4) is 5.69 Å². The number of halogens is 2. The molecule has 0 saturated carbocycles. The fourth-order valence-electron chi connectivity index (χ4n) is 4.28. The van der Waals surface area contributed by atoms with Crippen LogP contribution < -0.4 is 0 Å². The number of hydrogen-bond acceptors (Lipinski definition) is 4. The lowest BCUT2D eigenvalue weighted by Crippen LogP contribution is -2.44. The van der Waals surface area contributed by atoms with Crippen LogP contribution in [0.5, 0.6) is 0 Å². The van der Waals surface area contributed by atoms with Gasteiger partial charge in [0.2, 0.25) is 0 Å². The number of aromatic amines is 1. The Bertz CT molecular complexity index is 1260. The average molecular weight is 455 g/mol. The van der Waals surface area contributed by atoms with E-state index in [1.807, 2.05) is 36.9 Å². The van der Waals surface area contributed by atoms with Gasteiger partial charge < -0.3 is 9.88 Å². The molecule has 1 amide bonds. The minimum atomic E-state index is -0.590. The van der Waals surface area contributed by atoms with E-state index >= 15 is 0 Å². The molecular formula is C22H20Cl2N6O. The quantitative estimate of drug-likeness (QED) is 0.476. The van der Waals surface area contributed by atoms with Crippen LogP contribution in [0.1, 0.15) is 41.5 Å². The summed E-state index contributed by atoms with van der Waals surface area (Å²) in [6.45, 7) is 4.64. The first-order chi connectivity index (χ1) is 14.9. The summed E-state index contributed by atoms with van der Waals surface area (Å²) in [4.78, 5) is 25.3. The molecule has 5 rings (SSSR count). The summed E-state index contributed by atoms with van der Waals surface area (Å²) in [7, 11) is 0. The molecule has 9 heteroatoms. The van der Waals surface area contributed by atoms with E-state index in [1.54, 1.807) is 24.5 Å². The Morgan fingerprint density at radius 1 is 1.13 bits per heavy atom. The molecule has 3 heterocycles. The third kappa shape index (κ3) is 3.28. The minimum Gasteiger partial charge on any atom is -0.340 e. The van der Waals surface area contributed by atoms with Crippen molar-refractivity contribution in [3.05, 3.63) is 69.7 Å². The summed E-state index contributed by atoms with van der Waals surface area (Å²) >= 11 is 12.3. The van der Waals surface area contributed by atoms with Crippen molar-refractivity contribution in [2.24, 2.45) is 0 Å². The first-order valence-corrected chi connectivity index (χ1v) is 10.8. The molecule has 2 aromatic heterocycles. The van der Waals surface area contributed by atoms with Gasteiger partial charge in [0.25, 0.3) is 5.91 Å². The van der Waals surface area contributed by atoms with Gasteiger partial charge in [-0.2, -0.15) is 15.0 Å². The van der Waals surface area contributed by atoms with Crippen LogP contribution in [-0.4, -0.2) is 42.3 Å². The number of rotatable bonds is 3. The Labute approximate surface area is 189 Å². The molecule has 7 nitrogen and oxygen atoms in total.